The van der Waals surface area contributed by atoms with Crippen molar-refractivity contribution in [2.45, 2.75) is 13.5 Å². The van der Waals surface area contributed by atoms with Gasteiger partial charge in [0.05, 0.1) is 12.4 Å². The zero-order valence-electron chi connectivity index (χ0n) is 16.5. The maximum absolute atomic E-state index is 12.3. The number of amides is 1. The molecule has 7 heteroatoms. The van der Waals surface area contributed by atoms with Crippen LogP contribution in [-0.2, 0) is 6.54 Å². The number of hydrogen-bond acceptors (Lipinski definition) is 6. The molecule has 29 heavy (non-hydrogen) atoms. The molecule has 0 unspecified atom stereocenters. The Labute approximate surface area is 170 Å². The topological polar surface area (TPSA) is 74.2 Å². The third-order valence-corrected chi connectivity index (χ3v) is 5.02. The molecule has 1 aliphatic rings. The maximum Gasteiger partial charge on any atom is 0.271 e. The van der Waals surface area contributed by atoms with Gasteiger partial charge >= 0.3 is 0 Å². The molecule has 0 saturated carbocycles. The van der Waals surface area contributed by atoms with Gasteiger partial charge in [0.1, 0.15) is 17.3 Å². The van der Waals surface area contributed by atoms with Gasteiger partial charge in [0.2, 0.25) is 0 Å². The second-order valence-electron chi connectivity index (χ2n) is 7.09. The number of aromatic nitrogens is 3. The molecule has 4 rings (SSSR count). The fraction of sp³-hybridized carbons (Fsp3) is 0.273. The monoisotopic (exact) mass is 388 g/mol. The molecule has 0 spiro atoms. The molecule has 1 aromatic carbocycles. The summed E-state index contributed by atoms with van der Waals surface area (Å²) in [6.07, 6.45) is 5.04. The minimum absolute atomic E-state index is 0.218. The minimum Gasteiger partial charge on any atom is -0.353 e. The Hall–Kier alpha value is -3.48. The first-order valence-corrected chi connectivity index (χ1v) is 9.76. The van der Waals surface area contributed by atoms with Crippen molar-refractivity contribution in [3.63, 3.8) is 0 Å². The number of nitrogens with zero attached hydrogens (tertiary/aromatic N) is 5. The summed E-state index contributed by atoms with van der Waals surface area (Å²) >= 11 is 0. The van der Waals surface area contributed by atoms with Crippen LogP contribution < -0.4 is 15.1 Å². The van der Waals surface area contributed by atoms with Gasteiger partial charge in [0, 0.05) is 38.9 Å². The number of piperazine rings is 1. The van der Waals surface area contributed by atoms with E-state index in [-0.39, 0.29) is 5.91 Å². The zero-order chi connectivity index (χ0) is 20.1. The number of anilines is 2. The van der Waals surface area contributed by atoms with Gasteiger partial charge in [-0.25, -0.2) is 15.0 Å². The van der Waals surface area contributed by atoms with Crippen LogP contribution in [-0.4, -0.2) is 47.0 Å². The van der Waals surface area contributed by atoms with Gasteiger partial charge < -0.3 is 15.1 Å². The first-order chi connectivity index (χ1) is 14.2. The van der Waals surface area contributed by atoms with Crippen molar-refractivity contribution in [3.8, 4) is 0 Å². The molecule has 1 aliphatic heterocycles. The molecule has 0 aliphatic carbocycles. The summed E-state index contributed by atoms with van der Waals surface area (Å²) in [7, 11) is 0. The van der Waals surface area contributed by atoms with Crippen molar-refractivity contribution in [1.82, 2.24) is 20.3 Å². The average Bonchev–Trinajstić information content (AvgIpc) is 2.79. The number of aryl methyl sites for hydroxylation is 1. The summed E-state index contributed by atoms with van der Waals surface area (Å²) in [4.78, 5) is 30.0. The predicted molar refractivity (Wildman–Crippen MR) is 113 cm³/mol. The molecule has 1 fully saturated rings. The number of nitrogens with one attached hydrogen (secondary N) is 1. The standard InChI is InChI=1S/C22H24N6O/c1-17-5-7-18(8-6-17)14-26-22(29)19-15-25-21(16-24-19)28-12-10-27(11-13-28)20-4-2-3-9-23-20/h2-9,15-16H,10-14H2,1H3,(H,26,29). The van der Waals surface area contributed by atoms with Crippen LogP contribution in [0.5, 0.6) is 0 Å². The van der Waals surface area contributed by atoms with E-state index in [1.54, 1.807) is 12.4 Å². The summed E-state index contributed by atoms with van der Waals surface area (Å²) in [5, 5.41) is 2.89. The van der Waals surface area contributed by atoms with Crippen molar-refractivity contribution >= 4 is 17.5 Å². The molecule has 148 valence electrons. The van der Waals surface area contributed by atoms with Crippen LogP contribution in [0.1, 0.15) is 21.6 Å². The Balaban J connectivity index is 1.31. The van der Waals surface area contributed by atoms with E-state index >= 15 is 0 Å². The summed E-state index contributed by atoms with van der Waals surface area (Å²) in [6.45, 7) is 5.93. The highest BCUT2D eigenvalue weighted by molar-refractivity contribution is 5.91. The van der Waals surface area contributed by atoms with Crippen LogP contribution in [0, 0.1) is 6.92 Å². The minimum atomic E-state index is -0.218. The molecule has 0 bridgehead atoms. The Morgan fingerprint density at radius 3 is 2.24 bits per heavy atom. The quantitative estimate of drug-likeness (QED) is 0.724. The predicted octanol–water partition coefficient (Wildman–Crippen LogP) is 2.44. The van der Waals surface area contributed by atoms with Gasteiger partial charge in [-0.2, -0.15) is 0 Å². The Morgan fingerprint density at radius 2 is 1.62 bits per heavy atom. The van der Waals surface area contributed by atoms with Crippen molar-refractivity contribution in [1.29, 1.82) is 0 Å². The first kappa shape index (κ1) is 18.9. The van der Waals surface area contributed by atoms with Crippen LogP contribution in [0.4, 0.5) is 11.6 Å². The molecule has 7 nitrogen and oxygen atoms in total. The number of rotatable bonds is 5. The van der Waals surface area contributed by atoms with Gasteiger partial charge in [0.15, 0.2) is 0 Å². The lowest BCUT2D eigenvalue weighted by Gasteiger charge is -2.35. The van der Waals surface area contributed by atoms with E-state index in [0.717, 1.165) is 43.4 Å². The van der Waals surface area contributed by atoms with Crippen molar-refractivity contribution in [2.75, 3.05) is 36.0 Å². The third kappa shape index (κ3) is 4.68. The van der Waals surface area contributed by atoms with E-state index in [4.69, 9.17) is 0 Å². The van der Waals surface area contributed by atoms with E-state index in [9.17, 15) is 4.79 Å². The lowest BCUT2D eigenvalue weighted by Crippen LogP contribution is -2.47. The molecule has 1 N–H and O–H groups in total. The second kappa shape index (κ2) is 8.68. The molecule has 3 aromatic rings. The van der Waals surface area contributed by atoms with Gasteiger partial charge in [0.25, 0.3) is 5.91 Å². The van der Waals surface area contributed by atoms with Crippen LogP contribution in [0.2, 0.25) is 0 Å². The molecule has 1 amide bonds. The van der Waals surface area contributed by atoms with Gasteiger partial charge in [-0.05, 0) is 24.6 Å². The van der Waals surface area contributed by atoms with Gasteiger partial charge in [-0.15, -0.1) is 0 Å². The molecular formula is C22H24N6O. The molecule has 0 radical (unpaired) electrons. The summed E-state index contributed by atoms with van der Waals surface area (Å²) in [6, 6.07) is 14.0. The highest BCUT2D eigenvalue weighted by Gasteiger charge is 2.19. The van der Waals surface area contributed by atoms with Gasteiger partial charge in [-0.1, -0.05) is 35.9 Å². The largest absolute Gasteiger partial charge is 0.353 e. The van der Waals surface area contributed by atoms with Crippen LogP contribution >= 0.6 is 0 Å². The molecule has 0 atom stereocenters. The number of carbonyl (C=O) groups is 1. The normalized spacial score (nSPS) is 14.0. The fourth-order valence-electron chi connectivity index (χ4n) is 3.29. The zero-order valence-corrected chi connectivity index (χ0v) is 16.5. The Morgan fingerprint density at radius 1 is 0.897 bits per heavy atom. The maximum atomic E-state index is 12.3. The summed E-state index contributed by atoms with van der Waals surface area (Å²) < 4.78 is 0. The number of hydrogen-bond donors (Lipinski definition) is 1. The fourth-order valence-corrected chi connectivity index (χ4v) is 3.29. The van der Waals surface area contributed by atoms with E-state index in [1.165, 1.54) is 5.56 Å². The summed E-state index contributed by atoms with van der Waals surface area (Å²) in [5.41, 5.74) is 2.58. The van der Waals surface area contributed by atoms with Crippen LogP contribution in [0.15, 0.2) is 61.1 Å². The third-order valence-electron chi connectivity index (χ3n) is 5.02. The van der Waals surface area contributed by atoms with Crippen LogP contribution in [0.3, 0.4) is 0 Å². The highest BCUT2D eigenvalue weighted by Crippen LogP contribution is 2.16. The highest BCUT2D eigenvalue weighted by atomic mass is 16.1. The first-order valence-electron chi connectivity index (χ1n) is 9.76. The van der Waals surface area contributed by atoms with Crippen LogP contribution in [0.25, 0.3) is 0 Å². The Bertz CT molecular complexity index is 935. The smallest absolute Gasteiger partial charge is 0.271 e. The second-order valence-corrected chi connectivity index (χ2v) is 7.09. The number of benzene rings is 1. The van der Waals surface area contributed by atoms with Gasteiger partial charge in [-0.3, -0.25) is 4.79 Å². The summed E-state index contributed by atoms with van der Waals surface area (Å²) in [5.74, 6) is 1.57. The molecule has 1 saturated heterocycles. The van der Waals surface area contributed by atoms with Crippen molar-refractivity contribution in [3.05, 3.63) is 77.9 Å². The average molecular weight is 388 g/mol. The number of pyridine rings is 1. The lowest BCUT2D eigenvalue weighted by molar-refractivity contribution is 0.0945. The molecular weight excluding hydrogens is 364 g/mol. The number of carbonyl (C=O) groups excluding carboxylic acids is 1. The molecule has 2 aromatic heterocycles. The van der Waals surface area contributed by atoms with E-state index < -0.39 is 0 Å². The van der Waals surface area contributed by atoms with Crippen molar-refractivity contribution < 1.29 is 4.79 Å². The lowest BCUT2D eigenvalue weighted by atomic mass is 10.1. The van der Waals surface area contributed by atoms with Crippen molar-refractivity contribution in [2.24, 2.45) is 0 Å². The SMILES string of the molecule is Cc1ccc(CNC(=O)c2cnc(N3CCN(c4ccccn4)CC3)cn2)cc1. The molecule has 3 heterocycles. The van der Waals surface area contributed by atoms with E-state index in [2.05, 4.69) is 30.1 Å². The van der Waals surface area contributed by atoms with E-state index in [0.29, 0.717) is 12.2 Å². The van der Waals surface area contributed by atoms with E-state index in [1.807, 2.05) is 55.6 Å². The Kier molecular flexibility index (Phi) is 5.65.